The maximum absolute atomic E-state index is 12.2. The van der Waals surface area contributed by atoms with E-state index in [2.05, 4.69) is 0 Å². The molecule has 9 heteroatoms. The van der Waals surface area contributed by atoms with Gasteiger partial charge in [0.25, 0.3) is 0 Å². The fourth-order valence-electron chi connectivity index (χ4n) is 1.86. The van der Waals surface area contributed by atoms with Gasteiger partial charge in [-0.1, -0.05) is 0 Å². The molecule has 1 amide bonds. The lowest BCUT2D eigenvalue weighted by atomic mass is 9.91. The maximum atomic E-state index is 12.2. The summed E-state index contributed by atoms with van der Waals surface area (Å²) in [6.45, 7) is -0.869. The standard InChI is InChI=1S/C9H11F6NO2/c10-8(11,12)6(17)5-1-3-16(4-2-5)7(18)9(13,14)15/h5-6,17H,1-4H2. The van der Waals surface area contributed by atoms with E-state index in [0.717, 1.165) is 0 Å². The molecule has 0 aromatic heterocycles. The Balaban J connectivity index is 2.54. The van der Waals surface area contributed by atoms with Gasteiger partial charge in [-0.05, 0) is 18.8 Å². The third-order valence-corrected chi connectivity index (χ3v) is 2.85. The van der Waals surface area contributed by atoms with Crippen molar-refractivity contribution >= 4 is 5.91 Å². The smallest absolute Gasteiger partial charge is 0.383 e. The molecule has 1 N–H and O–H groups in total. The largest absolute Gasteiger partial charge is 0.471 e. The van der Waals surface area contributed by atoms with Crippen LogP contribution in [0.4, 0.5) is 26.3 Å². The normalized spacial score (nSPS) is 20.9. The van der Waals surface area contributed by atoms with Gasteiger partial charge in [0.2, 0.25) is 0 Å². The summed E-state index contributed by atoms with van der Waals surface area (Å²) in [7, 11) is 0. The minimum Gasteiger partial charge on any atom is -0.383 e. The molecular formula is C9H11F6NO2. The molecule has 18 heavy (non-hydrogen) atoms. The quantitative estimate of drug-likeness (QED) is 0.742. The van der Waals surface area contributed by atoms with Crippen LogP contribution in [-0.2, 0) is 4.79 Å². The number of rotatable bonds is 1. The van der Waals surface area contributed by atoms with E-state index in [1.807, 2.05) is 0 Å². The lowest BCUT2D eigenvalue weighted by molar-refractivity contribution is -0.224. The van der Waals surface area contributed by atoms with Crippen molar-refractivity contribution in [1.82, 2.24) is 4.90 Å². The van der Waals surface area contributed by atoms with Crippen molar-refractivity contribution in [1.29, 1.82) is 0 Å². The Bertz CT molecular complexity index is 305. The highest BCUT2D eigenvalue weighted by molar-refractivity contribution is 5.81. The SMILES string of the molecule is O=C(N1CCC(C(O)C(F)(F)F)CC1)C(F)(F)F. The number of hydrogen-bond acceptors (Lipinski definition) is 2. The van der Waals surface area contributed by atoms with Gasteiger partial charge in [0, 0.05) is 13.1 Å². The number of carbonyl (C=O) groups excluding carboxylic acids is 1. The van der Waals surface area contributed by atoms with E-state index in [-0.39, 0.29) is 12.8 Å². The van der Waals surface area contributed by atoms with Crippen LogP contribution in [0.1, 0.15) is 12.8 Å². The van der Waals surface area contributed by atoms with Crippen LogP contribution in [0.2, 0.25) is 0 Å². The van der Waals surface area contributed by atoms with Crippen molar-refractivity contribution in [3.05, 3.63) is 0 Å². The number of nitrogens with zero attached hydrogens (tertiary/aromatic N) is 1. The van der Waals surface area contributed by atoms with Crippen LogP contribution in [0.5, 0.6) is 0 Å². The van der Waals surface area contributed by atoms with E-state index < -0.39 is 43.4 Å². The molecule has 0 spiro atoms. The minimum atomic E-state index is -5.02. The molecule has 0 aliphatic carbocycles. The summed E-state index contributed by atoms with van der Waals surface area (Å²) in [6.07, 6.45) is -13.0. The van der Waals surface area contributed by atoms with E-state index in [9.17, 15) is 31.1 Å². The molecule has 0 bridgehead atoms. The Morgan fingerprint density at radius 3 is 1.89 bits per heavy atom. The molecule has 1 atom stereocenters. The molecule has 1 heterocycles. The molecule has 1 unspecified atom stereocenters. The molecule has 0 radical (unpaired) electrons. The molecule has 0 saturated carbocycles. The number of piperidine rings is 1. The van der Waals surface area contributed by atoms with Crippen LogP contribution < -0.4 is 0 Å². The number of halogens is 6. The first-order chi connectivity index (χ1) is 8.03. The number of amides is 1. The Kier molecular flexibility index (Phi) is 4.14. The number of hydrogen-bond donors (Lipinski definition) is 1. The third kappa shape index (κ3) is 3.50. The average molecular weight is 279 g/mol. The van der Waals surface area contributed by atoms with Crippen LogP contribution >= 0.6 is 0 Å². The lowest BCUT2D eigenvalue weighted by Gasteiger charge is -2.34. The van der Waals surface area contributed by atoms with Crippen molar-refractivity contribution in [3.63, 3.8) is 0 Å². The molecule has 1 rings (SSSR count). The molecule has 0 aromatic carbocycles. The molecule has 1 aliphatic heterocycles. The number of likely N-dealkylation sites (tertiary alicyclic amines) is 1. The second-order valence-corrected chi connectivity index (χ2v) is 4.11. The summed E-state index contributed by atoms with van der Waals surface area (Å²) in [5, 5.41) is 8.94. The molecule has 1 aliphatic rings. The predicted octanol–water partition coefficient (Wildman–Crippen LogP) is 1.71. The van der Waals surface area contributed by atoms with Gasteiger partial charge in [-0.25, -0.2) is 0 Å². The summed E-state index contributed by atoms with van der Waals surface area (Å²) in [5.74, 6) is -3.22. The minimum absolute atomic E-state index is 0.303. The van der Waals surface area contributed by atoms with Gasteiger partial charge in [0.1, 0.15) is 0 Å². The highest BCUT2D eigenvalue weighted by Gasteiger charge is 2.47. The van der Waals surface area contributed by atoms with E-state index in [4.69, 9.17) is 5.11 Å². The van der Waals surface area contributed by atoms with E-state index in [1.54, 1.807) is 0 Å². The van der Waals surface area contributed by atoms with Gasteiger partial charge in [-0.3, -0.25) is 4.79 Å². The first kappa shape index (κ1) is 15.1. The highest BCUT2D eigenvalue weighted by Crippen LogP contribution is 2.32. The summed E-state index contributed by atoms with van der Waals surface area (Å²) in [5.41, 5.74) is 0. The zero-order valence-corrected chi connectivity index (χ0v) is 9.05. The first-order valence-electron chi connectivity index (χ1n) is 5.14. The fourth-order valence-corrected chi connectivity index (χ4v) is 1.86. The van der Waals surface area contributed by atoms with Gasteiger partial charge in [0.15, 0.2) is 6.10 Å². The predicted molar refractivity (Wildman–Crippen MR) is 47.4 cm³/mol. The van der Waals surface area contributed by atoms with Crippen LogP contribution in [0, 0.1) is 5.92 Å². The van der Waals surface area contributed by atoms with E-state index in [1.165, 1.54) is 0 Å². The monoisotopic (exact) mass is 279 g/mol. The van der Waals surface area contributed by atoms with E-state index >= 15 is 0 Å². The molecule has 106 valence electrons. The van der Waals surface area contributed by atoms with Crippen molar-refractivity contribution in [2.45, 2.75) is 31.3 Å². The van der Waals surface area contributed by atoms with Crippen molar-refractivity contribution < 1.29 is 36.2 Å². The molecule has 3 nitrogen and oxygen atoms in total. The lowest BCUT2D eigenvalue weighted by Crippen LogP contribution is -2.48. The average Bonchev–Trinajstić information content (AvgIpc) is 2.25. The zero-order chi connectivity index (χ0) is 14.1. The van der Waals surface area contributed by atoms with Crippen molar-refractivity contribution in [2.75, 3.05) is 13.1 Å². The summed E-state index contributed by atoms with van der Waals surface area (Å²) >= 11 is 0. The van der Waals surface area contributed by atoms with Crippen molar-refractivity contribution in [3.8, 4) is 0 Å². The molecular weight excluding hydrogens is 268 g/mol. The van der Waals surface area contributed by atoms with Gasteiger partial charge in [-0.2, -0.15) is 26.3 Å². The van der Waals surface area contributed by atoms with E-state index in [0.29, 0.717) is 4.90 Å². The summed E-state index contributed by atoms with van der Waals surface area (Å²) < 4.78 is 72.7. The van der Waals surface area contributed by atoms with Gasteiger partial charge >= 0.3 is 18.3 Å². The Hall–Kier alpha value is -0.990. The molecule has 0 aromatic rings. The Morgan fingerprint density at radius 1 is 1.11 bits per heavy atom. The second-order valence-electron chi connectivity index (χ2n) is 4.11. The van der Waals surface area contributed by atoms with Gasteiger partial charge in [0.05, 0.1) is 0 Å². The Morgan fingerprint density at radius 2 is 1.56 bits per heavy atom. The topological polar surface area (TPSA) is 40.5 Å². The first-order valence-corrected chi connectivity index (χ1v) is 5.14. The Labute approximate surface area is 98.4 Å². The van der Waals surface area contributed by atoms with Crippen LogP contribution in [-0.4, -0.2) is 47.5 Å². The molecule has 1 fully saturated rings. The number of aliphatic hydroxyl groups excluding tert-OH is 1. The maximum Gasteiger partial charge on any atom is 0.471 e. The van der Waals surface area contributed by atoms with Crippen LogP contribution in [0.25, 0.3) is 0 Å². The highest BCUT2D eigenvalue weighted by atomic mass is 19.4. The summed E-state index contributed by atoms with van der Waals surface area (Å²) in [4.78, 5) is 11.3. The number of carbonyl (C=O) groups is 1. The van der Waals surface area contributed by atoms with Gasteiger partial charge in [-0.15, -0.1) is 0 Å². The second kappa shape index (κ2) is 4.94. The third-order valence-electron chi connectivity index (χ3n) is 2.85. The number of alkyl halides is 6. The van der Waals surface area contributed by atoms with Crippen molar-refractivity contribution in [2.24, 2.45) is 5.92 Å². The summed E-state index contributed by atoms with van der Waals surface area (Å²) in [6, 6.07) is 0. The number of aliphatic hydroxyl groups is 1. The van der Waals surface area contributed by atoms with Crippen LogP contribution in [0.15, 0.2) is 0 Å². The van der Waals surface area contributed by atoms with Gasteiger partial charge < -0.3 is 10.0 Å². The fraction of sp³-hybridized carbons (Fsp3) is 0.889. The molecule has 1 saturated heterocycles. The van der Waals surface area contributed by atoms with Crippen LogP contribution in [0.3, 0.4) is 0 Å². The zero-order valence-electron chi connectivity index (χ0n) is 9.05.